The van der Waals surface area contributed by atoms with E-state index in [1.165, 1.54) is 12.8 Å². The number of piperidine rings is 1. The maximum atomic E-state index is 5.10. The summed E-state index contributed by atoms with van der Waals surface area (Å²) in [6.45, 7) is 5.24. The molecule has 1 N–H and O–H groups in total. The fourth-order valence-electron chi connectivity index (χ4n) is 5.08. The Balaban J connectivity index is 1.50. The van der Waals surface area contributed by atoms with Crippen molar-refractivity contribution in [2.24, 2.45) is 5.92 Å². The molecule has 3 aromatic heterocycles. The third-order valence-corrected chi connectivity index (χ3v) is 6.60. The van der Waals surface area contributed by atoms with Gasteiger partial charge in [0, 0.05) is 42.1 Å². The molecule has 4 aromatic rings. The fourth-order valence-corrected chi connectivity index (χ4v) is 5.08. The Hall–Kier alpha value is -3.25. The van der Waals surface area contributed by atoms with Crippen LogP contribution in [0.15, 0.2) is 60.8 Å². The van der Waals surface area contributed by atoms with Gasteiger partial charge in [-0.3, -0.25) is 4.98 Å². The molecule has 2 aliphatic heterocycles. The van der Waals surface area contributed by atoms with Gasteiger partial charge in [0.05, 0.1) is 5.69 Å². The summed E-state index contributed by atoms with van der Waals surface area (Å²) in [6.07, 6.45) is 4.44. The van der Waals surface area contributed by atoms with Crippen LogP contribution in [-0.4, -0.2) is 45.3 Å². The summed E-state index contributed by atoms with van der Waals surface area (Å²) in [5.74, 6) is 1.74. The highest BCUT2D eigenvalue weighted by atomic mass is 15.3. The molecule has 2 aliphatic rings. The number of nitrogens with zero attached hydrogens (tertiary/aromatic N) is 5. The molecule has 2 fully saturated rings. The van der Waals surface area contributed by atoms with Crippen LogP contribution in [0.2, 0.25) is 0 Å². The van der Waals surface area contributed by atoms with Gasteiger partial charge in [-0.05, 0) is 56.5 Å². The van der Waals surface area contributed by atoms with Gasteiger partial charge >= 0.3 is 0 Å². The number of nitrogens with one attached hydrogen (secondary N) is 1. The number of anilines is 1. The highest BCUT2D eigenvalue weighted by molar-refractivity contribution is 5.81. The molecule has 0 amide bonds. The second-order valence-corrected chi connectivity index (χ2v) is 8.69. The van der Waals surface area contributed by atoms with Crippen LogP contribution in [0.4, 0.5) is 5.82 Å². The zero-order valence-corrected chi connectivity index (χ0v) is 17.7. The van der Waals surface area contributed by atoms with E-state index >= 15 is 0 Å². The van der Waals surface area contributed by atoms with Crippen molar-refractivity contribution in [1.82, 2.24) is 24.9 Å². The number of pyridine rings is 1. The first-order valence-electron chi connectivity index (χ1n) is 11.1. The smallest absolute Gasteiger partial charge is 0.155 e. The predicted octanol–water partition coefficient (Wildman–Crippen LogP) is 3.95. The van der Waals surface area contributed by atoms with Gasteiger partial charge < -0.3 is 10.2 Å². The average molecular weight is 411 g/mol. The summed E-state index contributed by atoms with van der Waals surface area (Å²) >= 11 is 0. The van der Waals surface area contributed by atoms with Gasteiger partial charge in [-0.2, -0.15) is 0 Å². The molecule has 0 aliphatic carbocycles. The molecule has 0 saturated carbocycles. The number of hydrogen-bond acceptors (Lipinski definition) is 5. The minimum absolute atomic E-state index is 0.580. The third-order valence-electron chi connectivity index (χ3n) is 6.60. The van der Waals surface area contributed by atoms with Crippen LogP contribution in [-0.2, 0) is 0 Å². The summed E-state index contributed by atoms with van der Waals surface area (Å²) < 4.78 is 2.02. The van der Waals surface area contributed by atoms with Crippen molar-refractivity contribution in [1.29, 1.82) is 0 Å². The molecule has 1 aromatic carbocycles. The van der Waals surface area contributed by atoms with Crippen LogP contribution in [0.3, 0.4) is 0 Å². The molecule has 6 heteroatoms. The maximum Gasteiger partial charge on any atom is 0.155 e. The van der Waals surface area contributed by atoms with Gasteiger partial charge in [-0.1, -0.05) is 30.3 Å². The Labute approximate surface area is 182 Å². The first kappa shape index (κ1) is 18.5. The van der Waals surface area contributed by atoms with Crippen molar-refractivity contribution in [2.45, 2.75) is 25.8 Å². The van der Waals surface area contributed by atoms with Crippen LogP contribution in [0.1, 0.15) is 18.5 Å². The van der Waals surface area contributed by atoms with Crippen molar-refractivity contribution in [3.05, 3.63) is 66.5 Å². The van der Waals surface area contributed by atoms with E-state index in [1.54, 1.807) is 0 Å². The van der Waals surface area contributed by atoms with E-state index < -0.39 is 0 Å². The molecule has 2 saturated heterocycles. The molecule has 2 atom stereocenters. The molecule has 0 spiro atoms. The van der Waals surface area contributed by atoms with E-state index in [0.29, 0.717) is 6.04 Å². The fraction of sp³-hybridized carbons (Fsp3) is 0.320. The monoisotopic (exact) mass is 410 g/mol. The van der Waals surface area contributed by atoms with E-state index in [-0.39, 0.29) is 0 Å². The van der Waals surface area contributed by atoms with E-state index in [2.05, 4.69) is 57.7 Å². The van der Waals surface area contributed by atoms with Crippen molar-refractivity contribution in [3.8, 4) is 22.5 Å². The highest BCUT2D eigenvalue weighted by Gasteiger charge is 2.35. The minimum atomic E-state index is 0.580. The molecule has 6 rings (SSSR count). The number of fused-ring (bicyclic) bond motifs is 2. The van der Waals surface area contributed by atoms with Gasteiger partial charge in [0.1, 0.15) is 11.5 Å². The maximum absolute atomic E-state index is 5.10. The summed E-state index contributed by atoms with van der Waals surface area (Å²) in [4.78, 5) is 11.8. The molecular weight excluding hydrogens is 384 g/mol. The number of aromatic nitrogens is 4. The van der Waals surface area contributed by atoms with Crippen LogP contribution < -0.4 is 10.2 Å². The number of aryl methyl sites for hydroxylation is 1. The lowest BCUT2D eigenvalue weighted by molar-refractivity contribution is 0.340. The van der Waals surface area contributed by atoms with Crippen LogP contribution in [0, 0.1) is 12.8 Å². The Morgan fingerprint density at radius 3 is 2.74 bits per heavy atom. The standard InChI is InChI=1S/C25H26N6/c1-17-14-19(11-13-26-17)25-24(18-6-3-2-4-7-18)28-22-9-10-23(29-31(22)25)30-15-20-8-5-12-27-21(20)16-30/h2-4,6-7,9-11,13-14,20-21,27H,5,8,12,15-16H2,1H3/t20-,21+/m1/s1. The summed E-state index contributed by atoms with van der Waals surface area (Å²) in [6, 6.07) is 19.3. The zero-order valence-electron chi connectivity index (χ0n) is 17.7. The van der Waals surface area contributed by atoms with Crippen LogP contribution >= 0.6 is 0 Å². The topological polar surface area (TPSA) is 58.4 Å². The van der Waals surface area contributed by atoms with Crippen molar-refractivity contribution >= 4 is 11.5 Å². The SMILES string of the molecule is Cc1cc(-c2c(-c3ccccc3)nc3ccc(N4C[C@H]5CCCN[C@H]5C4)nn23)ccn1. The molecular formula is C25H26N6. The van der Waals surface area contributed by atoms with Gasteiger partial charge in [-0.15, -0.1) is 5.10 Å². The van der Waals surface area contributed by atoms with Crippen molar-refractivity contribution in [2.75, 3.05) is 24.5 Å². The normalized spacial score (nSPS) is 20.9. The lowest BCUT2D eigenvalue weighted by Crippen LogP contribution is -2.40. The molecule has 31 heavy (non-hydrogen) atoms. The second-order valence-electron chi connectivity index (χ2n) is 8.69. The summed E-state index contributed by atoms with van der Waals surface area (Å²) in [5.41, 5.74) is 5.99. The molecule has 0 bridgehead atoms. The highest BCUT2D eigenvalue weighted by Crippen LogP contribution is 2.34. The van der Waals surface area contributed by atoms with E-state index in [9.17, 15) is 0 Å². The Bertz CT molecular complexity index is 1220. The Morgan fingerprint density at radius 1 is 1.00 bits per heavy atom. The van der Waals surface area contributed by atoms with Crippen molar-refractivity contribution in [3.63, 3.8) is 0 Å². The predicted molar refractivity (Wildman–Crippen MR) is 123 cm³/mol. The molecule has 6 nitrogen and oxygen atoms in total. The Morgan fingerprint density at radius 2 is 1.90 bits per heavy atom. The van der Waals surface area contributed by atoms with Crippen LogP contribution in [0.5, 0.6) is 0 Å². The molecule has 0 radical (unpaired) electrons. The second kappa shape index (κ2) is 7.46. The zero-order chi connectivity index (χ0) is 20.8. The summed E-state index contributed by atoms with van der Waals surface area (Å²) in [5, 5.41) is 8.79. The minimum Gasteiger partial charge on any atom is -0.353 e. The largest absolute Gasteiger partial charge is 0.353 e. The molecule has 0 unspecified atom stereocenters. The van der Waals surface area contributed by atoms with E-state index in [0.717, 1.165) is 65.2 Å². The van der Waals surface area contributed by atoms with Gasteiger partial charge in [-0.25, -0.2) is 9.50 Å². The van der Waals surface area contributed by atoms with Gasteiger partial charge in [0.15, 0.2) is 5.65 Å². The quantitative estimate of drug-likeness (QED) is 0.554. The number of benzene rings is 1. The number of imidazole rings is 1. The molecule has 156 valence electrons. The number of rotatable bonds is 3. The third kappa shape index (κ3) is 3.27. The lowest BCUT2D eigenvalue weighted by Gasteiger charge is -2.24. The van der Waals surface area contributed by atoms with E-state index in [1.807, 2.05) is 29.8 Å². The summed E-state index contributed by atoms with van der Waals surface area (Å²) in [7, 11) is 0. The van der Waals surface area contributed by atoms with E-state index in [4.69, 9.17) is 10.1 Å². The van der Waals surface area contributed by atoms with Crippen LogP contribution in [0.25, 0.3) is 28.2 Å². The Kier molecular flexibility index (Phi) is 4.46. The first-order valence-corrected chi connectivity index (χ1v) is 11.1. The average Bonchev–Trinajstić information content (AvgIpc) is 3.41. The first-order chi connectivity index (χ1) is 15.3. The van der Waals surface area contributed by atoms with Crippen molar-refractivity contribution < 1.29 is 0 Å². The number of hydrogen-bond donors (Lipinski definition) is 1. The van der Waals surface area contributed by atoms with Gasteiger partial charge in [0.2, 0.25) is 0 Å². The van der Waals surface area contributed by atoms with Gasteiger partial charge in [0.25, 0.3) is 0 Å². The lowest BCUT2D eigenvalue weighted by atomic mass is 9.94. The molecule has 5 heterocycles.